The molecule has 0 N–H and O–H groups in total. The highest BCUT2D eigenvalue weighted by Crippen LogP contribution is 2.45. The Labute approximate surface area is 308 Å². The Hall–Kier alpha value is -6.44. The van der Waals surface area contributed by atoms with E-state index >= 15 is 0 Å². The molecule has 234 valence electrons. The maximum atomic E-state index is 9.39. The highest BCUT2D eigenvalue weighted by molar-refractivity contribution is 6.20. The number of hydrogen-bond donors (Lipinski definition) is 0. The molecule has 0 unspecified atom stereocenters. The van der Waals surface area contributed by atoms with Gasteiger partial charge >= 0.3 is 0 Å². The van der Waals surface area contributed by atoms with Gasteiger partial charge in [-0.05, 0) is 89.8 Å². The number of para-hydroxylation sites is 1. The molecule has 1 nitrogen and oxygen atoms in total. The van der Waals surface area contributed by atoms with E-state index in [0.29, 0.717) is 16.5 Å². The topological polar surface area (TPSA) is 13.1 Å². The van der Waals surface area contributed by atoms with Gasteiger partial charge in [0.05, 0.1) is 17.8 Å². The van der Waals surface area contributed by atoms with Crippen molar-refractivity contribution in [1.29, 1.82) is 0 Å². The Morgan fingerprint density at radius 3 is 1.78 bits per heavy atom. The summed E-state index contributed by atoms with van der Waals surface area (Å²) < 4.78 is 122. The first-order valence-corrected chi connectivity index (χ1v) is 16.2. The SMILES string of the molecule is [2H]c1c([2H])c([2H])c(Cc2c3c([2H])c([2H])c([2H])c([2H])c3c(-c3ccc(-c4ccc5c(c4)oc4c(-c6ccccc6)cccc45)c4ccccc34)c3c([2H])c([2H])c([2H])c([2H])c23)c([2H])c1[2H]. The second kappa shape index (κ2) is 11.6. The van der Waals surface area contributed by atoms with Crippen LogP contribution in [0.5, 0.6) is 0 Å². The maximum absolute atomic E-state index is 9.39. The first-order valence-electron chi connectivity index (χ1n) is 22.7. The Balaban J connectivity index is 1.29. The Bertz CT molecular complexity index is 3520. The third-order valence-corrected chi connectivity index (χ3v) is 9.47. The van der Waals surface area contributed by atoms with Crippen LogP contribution in [0.1, 0.15) is 28.9 Å². The molecule has 10 aromatic rings. The van der Waals surface area contributed by atoms with E-state index in [9.17, 15) is 5.48 Å². The quantitative estimate of drug-likeness (QED) is 0.169. The average Bonchev–Trinajstić information content (AvgIpc) is 3.69. The van der Waals surface area contributed by atoms with Crippen LogP contribution in [0.15, 0.2) is 186 Å². The Morgan fingerprint density at radius 1 is 0.420 bits per heavy atom. The molecule has 0 radical (unpaired) electrons. The largest absolute Gasteiger partial charge is 0.455 e. The minimum Gasteiger partial charge on any atom is -0.455 e. The van der Waals surface area contributed by atoms with E-state index in [1.165, 1.54) is 0 Å². The van der Waals surface area contributed by atoms with Crippen molar-refractivity contribution in [3.05, 3.63) is 193 Å². The van der Waals surface area contributed by atoms with E-state index in [4.69, 9.17) is 16.8 Å². The van der Waals surface area contributed by atoms with Crippen molar-refractivity contribution in [3.63, 3.8) is 0 Å². The number of fused-ring (bicyclic) bond motifs is 6. The fourth-order valence-corrected chi connectivity index (χ4v) is 7.27. The molecule has 0 saturated carbocycles. The Kier molecular flexibility index (Phi) is 4.26. The molecule has 1 heterocycles. The molecule has 10 rings (SSSR count). The molecule has 1 aromatic heterocycles. The van der Waals surface area contributed by atoms with Gasteiger partial charge in [-0.25, -0.2) is 0 Å². The van der Waals surface area contributed by atoms with Gasteiger partial charge in [-0.15, -0.1) is 0 Å². The molecule has 0 aliphatic rings. The van der Waals surface area contributed by atoms with Crippen molar-refractivity contribution in [2.45, 2.75) is 6.42 Å². The van der Waals surface area contributed by atoms with Gasteiger partial charge < -0.3 is 4.42 Å². The van der Waals surface area contributed by atoms with Gasteiger partial charge in [0.1, 0.15) is 11.2 Å². The summed E-state index contributed by atoms with van der Waals surface area (Å²) in [7, 11) is 0. The van der Waals surface area contributed by atoms with E-state index in [-0.39, 0.29) is 38.2 Å². The maximum Gasteiger partial charge on any atom is 0.143 e. The summed E-state index contributed by atoms with van der Waals surface area (Å²) in [5.74, 6) is 0. The van der Waals surface area contributed by atoms with E-state index in [2.05, 4.69) is 0 Å². The lowest BCUT2D eigenvalue weighted by molar-refractivity contribution is 0.670. The summed E-state index contributed by atoms with van der Waals surface area (Å²) in [6, 6.07) is 26.1. The second-order valence-corrected chi connectivity index (χ2v) is 12.2. The van der Waals surface area contributed by atoms with Gasteiger partial charge in [0.2, 0.25) is 0 Å². The zero-order valence-corrected chi connectivity index (χ0v) is 26.4. The molecule has 0 fully saturated rings. The lowest BCUT2D eigenvalue weighted by atomic mass is 9.84. The zero-order chi connectivity index (χ0) is 44.3. The van der Waals surface area contributed by atoms with Crippen molar-refractivity contribution in [3.8, 4) is 33.4 Å². The lowest BCUT2D eigenvalue weighted by Crippen LogP contribution is -1.96. The fourth-order valence-electron chi connectivity index (χ4n) is 7.27. The van der Waals surface area contributed by atoms with Crippen LogP contribution < -0.4 is 0 Å². The Morgan fingerprint density at radius 2 is 1.04 bits per heavy atom. The normalized spacial score (nSPS) is 15.3. The van der Waals surface area contributed by atoms with E-state index in [1.807, 2.05) is 97.1 Å². The number of furan rings is 1. The summed E-state index contributed by atoms with van der Waals surface area (Å²) in [4.78, 5) is 0. The average molecular weight is 650 g/mol. The van der Waals surface area contributed by atoms with Crippen LogP contribution in [0.25, 0.3) is 87.6 Å². The predicted octanol–water partition coefficient (Wildman–Crippen LogP) is 13.6. The molecule has 9 aromatic carbocycles. The van der Waals surface area contributed by atoms with Crippen molar-refractivity contribution in [1.82, 2.24) is 0 Å². The lowest BCUT2D eigenvalue weighted by Gasteiger charge is -2.19. The van der Waals surface area contributed by atoms with Crippen LogP contribution >= 0.6 is 0 Å². The predicted molar refractivity (Wildman–Crippen MR) is 212 cm³/mol. The molecule has 0 aliphatic carbocycles. The minimum atomic E-state index is -0.618. The first kappa shape index (κ1) is 18.4. The summed E-state index contributed by atoms with van der Waals surface area (Å²) in [6.45, 7) is 0. The highest BCUT2D eigenvalue weighted by atomic mass is 16.3. The number of rotatable bonds is 5. The molecular formula is C49H32O. The van der Waals surface area contributed by atoms with Gasteiger partial charge in [0.15, 0.2) is 0 Å². The van der Waals surface area contributed by atoms with E-state index < -0.39 is 85.0 Å². The third-order valence-electron chi connectivity index (χ3n) is 9.47. The fraction of sp³-hybridized carbons (Fsp3) is 0.0204. The highest BCUT2D eigenvalue weighted by Gasteiger charge is 2.19. The monoisotopic (exact) mass is 649 g/mol. The summed E-state index contributed by atoms with van der Waals surface area (Å²) >= 11 is 0. The molecular weight excluding hydrogens is 605 g/mol. The van der Waals surface area contributed by atoms with Gasteiger partial charge in [0.25, 0.3) is 0 Å². The van der Waals surface area contributed by atoms with E-state index in [0.717, 1.165) is 44.0 Å². The van der Waals surface area contributed by atoms with Gasteiger partial charge in [-0.3, -0.25) is 0 Å². The third kappa shape index (κ3) is 4.55. The van der Waals surface area contributed by atoms with Gasteiger partial charge in [0, 0.05) is 16.3 Å². The van der Waals surface area contributed by atoms with Crippen LogP contribution in [0.3, 0.4) is 0 Å². The molecule has 1 heteroatoms. The summed E-state index contributed by atoms with van der Waals surface area (Å²) in [5, 5.41) is 3.07. The second-order valence-electron chi connectivity index (χ2n) is 12.2. The number of hydrogen-bond acceptors (Lipinski definition) is 1. The summed E-state index contributed by atoms with van der Waals surface area (Å²) in [5.41, 5.74) is 5.46. The number of benzene rings is 9. The van der Waals surface area contributed by atoms with Gasteiger partial charge in [-0.1, -0.05) is 170 Å². The smallest absolute Gasteiger partial charge is 0.143 e. The van der Waals surface area contributed by atoms with Crippen LogP contribution in [0.2, 0.25) is 0 Å². The standard InChI is InChI=1S/C49H32O/c1-3-14-32(15-4-1)30-46-39-20-9-11-22-42(39)48(43-23-12-10-21-40(43)46)44-29-28-35(37-18-7-8-19-38(37)44)34-26-27-41-45-25-13-24-36(33-16-5-2-6-17-33)49(45)50-47(41)31-34/h1-29,31H,30H2/i1D,3D,4D,9D,10D,11D,12D,14D,15D,20D,21D,22D,23D. The molecule has 50 heavy (non-hydrogen) atoms. The summed E-state index contributed by atoms with van der Waals surface area (Å²) in [6.07, 6.45) is -0.496. The van der Waals surface area contributed by atoms with Crippen molar-refractivity contribution >= 4 is 54.3 Å². The van der Waals surface area contributed by atoms with Crippen molar-refractivity contribution in [2.24, 2.45) is 0 Å². The van der Waals surface area contributed by atoms with Crippen LogP contribution in [0.4, 0.5) is 0 Å². The van der Waals surface area contributed by atoms with E-state index in [1.54, 1.807) is 6.07 Å². The molecule has 0 amide bonds. The van der Waals surface area contributed by atoms with Crippen molar-refractivity contribution in [2.75, 3.05) is 0 Å². The van der Waals surface area contributed by atoms with Crippen LogP contribution in [0, 0.1) is 0 Å². The first-order chi connectivity index (χ1) is 30.2. The molecule has 0 atom stereocenters. The van der Waals surface area contributed by atoms with Gasteiger partial charge in [-0.2, -0.15) is 0 Å². The molecule has 0 bridgehead atoms. The molecule has 0 aliphatic heterocycles. The minimum absolute atomic E-state index is 0.0169. The van der Waals surface area contributed by atoms with Crippen LogP contribution in [-0.2, 0) is 6.42 Å². The van der Waals surface area contributed by atoms with Crippen molar-refractivity contribution < 1.29 is 22.2 Å². The van der Waals surface area contributed by atoms with Crippen LogP contribution in [-0.4, -0.2) is 0 Å². The molecule has 0 spiro atoms. The zero-order valence-electron chi connectivity index (χ0n) is 39.4. The molecule has 0 saturated heterocycles.